The van der Waals surface area contributed by atoms with Crippen LogP contribution in [0.2, 0.25) is 0 Å². The van der Waals surface area contributed by atoms with Gasteiger partial charge in [0, 0.05) is 4.90 Å². The average molecular weight is 282 g/mol. The maximum absolute atomic E-state index is 12.1. The lowest BCUT2D eigenvalue weighted by Gasteiger charge is -2.28. The summed E-state index contributed by atoms with van der Waals surface area (Å²) < 4.78 is 4.78. The number of aliphatic hydroxyl groups excluding tert-OH is 1. The normalized spacial score (nSPS) is 12.3. The standard InChI is InChI=1S/C15H22O3S/c1-14(2,3)18-13(17)15(4,5)19-12-8-6-11(10-16)7-9-12/h6-9,16H,10H2,1-5H3. The first-order chi connectivity index (χ1) is 8.64. The van der Waals surface area contributed by atoms with Crippen LogP contribution in [0.4, 0.5) is 0 Å². The molecule has 19 heavy (non-hydrogen) atoms. The second-order valence-corrected chi connectivity index (χ2v) is 7.61. The molecule has 1 aromatic rings. The van der Waals surface area contributed by atoms with Crippen LogP contribution in [-0.2, 0) is 16.1 Å². The van der Waals surface area contributed by atoms with E-state index in [-0.39, 0.29) is 12.6 Å². The summed E-state index contributed by atoms with van der Waals surface area (Å²) in [6.07, 6.45) is 0. The zero-order valence-electron chi connectivity index (χ0n) is 12.2. The highest BCUT2D eigenvalue weighted by Crippen LogP contribution is 2.34. The van der Waals surface area contributed by atoms with Crippen LogP contribution in [0.15, 0.2) is 29.2 Å². The lowest BCUT2D eigenvalue weighted by molar-refractivity contribution is -0.156. The van der Waals surface area contributed by atoms with Gasteiger partial charge in [-0.25, -0.2) is 0 Å². The van der Waals surface area contributed by atoms with Gasteiger partial charge in [0.1, 0.15) is 10.3 Å². The van der Waals surface area contributed by atoms with Crippen molar-refractivity contribution in [2.75, 3.05) is 0 Å². The molecular formula is C15H22O3S. The van der Waals surface area contributed by atoms with E-state index in [0.717, 1.165) is 10.5 Å². The third-order valence-corrected chi connectivity index (χ3v) is 3.55. The van der Waals surface area contributed by atoms with Gasteiger partial charge in [0.25, 0.3) is 0 Å². The van der Waals surface area contributed by atoms with E-state index in [1.165, 1.54) is 11.8 Å². The number of carbonyl (C=O) groups is 1. The number of aliphatic hydroxyl groups is 1. The van der Waals surface area contributed by atoms with Gasteiger partial charge in [-0.2, -0.15) is 0 Å². The molecule has 0 bridgehead atoms. The Morgan fingerprint density at radius 3 is 2.11 bits per heavy atom. The van der Waals surface area contributed by atoms with E-state index in [9.17, 15) is 4.79 Å². The maximum Gasteiger partial charge on any atom is 0.322 e. The topological polar surface area (TPSA) is 46.5 Å². The van der Waals surface area contributed by atoms with Crippen molar-refractivity contribution in [3.8, 4) is 0 Å². The zero-order valence-corrected chi connectivity index (χ0v) is 13.0. The number of thioether (sulfide) groups is 1. The molecule has 0 radical (unpaired) electrons. The Hall–Kier alpha value is -1.00. The molecule has 0 saturated heterocycles. The first-order valence-corrected chi connectivity index (χ1v) is 7.08. The number of benzene rings is 1. The number of hydrogen-bond donors (Lipinski definition) is 1. The lowest BCUT2D eigenvalue weighted by Crippen LogP contribution is -2.36. The van der Waals surface area contributed by atoms with Gasteiger partial charge >= 0.3 is 5.97 Å². The van der Waals surface area contributed by atoms with Gasteiger partial charge in [0.15, 0.2) is 0 Å². The summed E-state index contributed by atoms with van der Waals surface area (Å²) in [6.45, 7) is 9.32. The maximum atomic E-state index is 12.1. The third-order valence-electron chi connectivity index (χ3n) is 2.37. The van der Waals surface area contributed by atoms with E-state index in [2.05, 4.69) is 0 Å². The number of hydrogen-bond acceptors (Lipinski definition) is 4. The van der Waals surface area contributed by atoms with Gasteiger partial charge in [-0.15, -0.1) is 11.8 Å². The Balaban J connectivity index is 2.74. The molecule has 0 aliphatic heterocycles. The molecule has 0 aliphatic rings. The van der Waals surface area contributed by atoms with Crippen LogP contribution in [-0.4, -0.2) is 21.4 Å². The molecule has 0 amide bonds. The van der Waals surface area contributed by atoms with Gasteiger partial charge < -0.3 is 9.84 Å². The largest absolute Gasteiger partial charge is 0.459 e. The Labute approximate surface area is 119 Å². The first-order valence-electron chi connectivity index (χ1n) is 6.26. The van der Waals surface area contributed by atoms with Gasteiger partial charge in [0.05, 0.1) is 6.61 Å². The van der Waals surface area contributed by atoms with E-state index in [1.807, 2.05) is 58.9 Å². The van der Waals surface area contributed by atoms with E-state index in [1.54, 1.807) is 0 Å². The van der Waals surface area contributed by atoms with Crippen molar-refractivity contribution in [2.45, 2.75) is 56.5 Å². The summed E-state index contributed by atoms with van der Waals surface area (Å²) >= 11 is 1.46. The Morgan fingerprint density at radius 1 is 1.16 bits per heavy atom. The number of ether oxygens (including phenoxy) is 1. The van der Waals surface area contributed by atoms with Gasteiger partial charge in [0.2, 0.25) is 0 Å². The molecule has 0 aromatic heterocycles. The summed E-state index contributed by atoms with van der Waals surface area (Å²) in [4.78, 5) is 13.1. The molecular weight excluding hydrogens is 260 g/mol. The van der Waals surface area contributed by atoms with Crippen molar-refractivity contribution in [2.24, 2.45) is 0 Å². The number of rotatable bonds is 4. The molecule has 3 nitrogen and oxygen atoms in total. The molecule has 1 aromatic carbocycles. The molecule has 0 aliphatic carbocycles. The van der Waals surface area contributed by atoms with Crippen molar-refractivity contribution in [1.82, 2.24) is 0 Å². The highest BCUT2D eigenvalue weighted by atomic mass is 32.2. The molecule has 1 N–H and O–H groups in total. The Bertz CT molecular complexity index is 430. The van der Waals surface area contributed by atoms with Crippen LogP contribution in [0.25, 0.3) is 0 Å². The fraction of sp³-hybridized carbons (Fsp3) is 0.533. The molecule has 4 heteroatoms. The number of carbonyl (C=O) groups excluding carboxylic acids is 1. The van der Waals surface area contributed by atoms with E-state index in [0.29, 0.717) is 0 Å². The summed E-state index contributed by atoms with van der Waals surface area (Å²) in [6, 6.07) is 7.52. The second-order valence-electron chi connectivity index (χ2n) is 5.92. The highest BCUT2D eigenvalue weighted by molar-refractivity contribution is 8.01. The van der Waals surface area contributed by atoms with Gasteiger partial charge in [-0.3, -0.25) is 4.79 Å². The SMILES string of the molecule is CC(C)(C)OC(=O)C(C)(C)Sc1ccc(CO)cc1. The van der Waals surface area contributed by atoms with Crippen molar-refractivity contribution < 1.29 is 14.6 Å². The molecule has 0 atom stereocenters. The lowest BCUT2D eigenvalue weighted by atomic mass is 10.1. The minimum atomic E-state index is -0.645. The molecule has 0 fully saturated rings. The fourth-order valence-corrected chi connectivity index (χ4v) is 2.39. The van der Waals surface area contributed by atoms with Crippen LogP contribution in [0.1, 0.15) is 40.2 Å². The van der Waals surface area contributed by atoms with Crippen molar-refractivity contribution in [1.29, 1.82) is 0 Å². The quantitative estimate of drug-likeness (QED) is 0.679. The van der Waals surface area contributed by atoms with E-state index >= 15 is 0 Å². The third kappa shape index (κ3) is 5.25. The van der Waals surface area contributed by atoms with Crippen molar-refractivity contribution >= 4 is 17.7 Å². The summed E-state index contributed by atoms with van der Waals surface area (Å²) in [7, 11) is 0. The monoisotopic (exact) mass is 282 g/mol. The highest BCUT2D eigenvalue weighted by Gasteiger charge is 2.33. The molecule has 0 heterocycles. The molecule has 1 rings (SSSR count). The molecule has 0 spiro atoms. The van der Waals surface area contributed by atoms with E-state index < -0.39 is 10.3 Å². The smallest absolute Gasteiger partial charge is 0.322 e. The second kappa shape index (κ2) is 5.97. The molecule has 106 valence electrons. The predicted molar refractivity (Wildman–Crippen MR) is 78.1 cm³/mol. The molecule has 0 unspecified atom stereocenters. The van der Waals surface area contributed by atoms with Crippen LogP contribution in [0.5, 0.6) is 0 Å². The fourth-order valence-electron chi connectivity index (χ4n) is 1.40. The van der Waals surface area contributed by atoms with Crippen molar-refractivity contribution in [3.63, 3.8) is 0 Å². The number of esters is 1. The van der Waals surface area contributed by atoms with Crippen molar-refractivity contribution in [3.05, 3.63) is 29.8 Å². The zero-order chi connectivity index (χ0) is 14.7. The summed E-state index contributed by atoms with van der Waals surface area (Å²) in [5.41, 5.74) is 0.384. The van der Waals surface area contributed by atoms with Gasteiger partial charge in [-0.1, -0.05) is 12.1 Å². The van der Waals surface area contributed by atoms with Crippen LogP contribution < -0.4 is 0 Å². The summed E-state index contributed by atoms with van der Waals surface area (Å²) in [5, 5.41) is 9.00. The summed E-state index contributed by atoms with van der Waals surface area (Å²) in [5.74, 6) is -0.226. The van der Waals surface area contributed by atoms with Crippen LogP contribution in [0, 0.1) is 0 Å². The Kier molecular flexibility index (Phi) is 5.04. The van der Waals surface area contributed by atoms with E-state index in [4.69, 9.17) is 9.84 Å². The van der Waals surface area contributed by atoms with Gasteiger partial charge in [-0.05, 0) is 52.3 Å². The Morgan fingerprint density at radius 2 is 1.68 bits per heavy atom. The first kappa shape index (κ1) is 16.1. The predicted octanol–water partition coefficient (Wildman–Crippen LogP) is 3.39. The van der Waals surface area contributed by atoms with Crippen LogP contribution in [0.3, 0.4) is 0 Å². The minimum Gasteiger partial charge on any atom is -0.459 e. The average Bonchev–Trinajstić information content (AvgIpc) is 2.27. The minimum absolute atomic E-state index is 0.0282. The molecule has 0 saturated carbocycles. The van der Waals surface area contributed by atoms with Crippen LogP contribution >= 0.6 is 11.8 Å².